The van der Waals surface area contributed by atoms with E-state index >= 15 is 0 Å². The number of carbonyl (C=O) groups excluding carboxylic acids is 3. The van der Waals surface area contributed by atoms with Gasteiger partial charge in [0.25, 0.3) is 5.91 Å². The third-order valence-electron chi connectivity index (χ3n) is 5.71. The second-order valence-electron chi connectivity index (χ2n) is 9.27. The summed E-state index contributed by atoms with van der Waals surface area (Å²) in [4.78, 5) is 38.3. The molecule has 1 saturated heterocycles. The number of nitriles is 1. The lowest BCUT2D eigenvalue weighted by atomic mass is 9.65. The lowest BCUT2D eigenvalue weighted by Crippen LogP contribution is -2.39. The van der Waals surface area contributed by atoms with Crippen molar-refractivity contribution in [3.8, 4) is 6.07 Å². The molecule has 3 rings (SSSR count). The molecule has 29 heavy (non-hydrogen) atoms. The minimum absolute atomic E-state index is 0.137. The van der Waals surface area contributed by atoms with E-state index in [-0.39, 0.29) is 35.8 Å². The van der Waals surface area contributed by atoms with Crippen LogP contribution in [0.15, 0.2) is 24.3 Å². The maximum absolute atomic E-state index is 12.7. The van der Waals surface area contributed by atoms with Gasteiger partial charge in [-0.2, -0.15) is 5.26 Å². The van der Waals surface area contributed by atoms with Crippen LogP contribution in [0, 0.1) is 22.2 Å². The summed E-state index contributed by atoms with van der Waals surface area (Å²) >= 11 is 0. The van der Waals surface area contributed by atoms with Gasteiger partial charge in [-0.15, -0.1) is 0 Å². The number of nitrogens with zero attached hydrogens (tertiary/aromatic N) is 2. The van der Waals surface area contributed by atoms with Crippen molar-refractivity contribution in [2.75, 3.05) is 18.5 Å². The first-order valence-electron chi connectivity index (χ1n) is 9.84. The van der Waals surface area contributed by atoms with Crippen LogP contribution in [0.5, 0.6) is 0 Å². The van der Waals surface area contributed by atoms with Gasteiger partial charge in [-0.25, -0.2) is 4.79 Å². The number of likely N-dealkylation sites (tertiary alicyclic amines) is 1. The topological polar surface area (TPSA) is 99.5 Å². The first kappa shape index (κ1) is 20.8. The number of hydrogen-bond donors (Lipinski definition) is 1. The van der Waals surface area contributed by atoms with Crippen LogP contribution in [-0.2, 0) is 14.3 Å². The maximum atomic E-state index is 12.7. The summed E-state index contributed by atoms with van der Waals surface area (Å²) in [5, 5.41) is 11.1. The smallest absolute Gasteiger partial charge is 0.338 e. The third-order valence-corrected chi connectivity index (χ3v) is 5.71. The maximum Gasteiger partial charge on any atom is 0.338 e. The molecule has 7 heteroatoms. The van der Waals surface area contributed by atoms with Crippen LogP contribution in [0.3, 0.4) is 0 Å². The number of fused-ring (bicyclic) bond motifs is 2. The van der Waals surface area contributed by atoms with Gasteiger partial charge in [-0.3, -0.25) is 9.59 Å². The lowest BCUT2D eigenvalue weighted by molar-refractivity contribution is -0.135. The number of nitrogens with one attached hydrogen (secondary N) is 1. The summed E-state index contributed by atoms with van der Waals surface area (Å²) in [6, 6.07) is 8.12. The number of benzene rings is 1. The first-order valence-corrected chi connectivity index (χ1v) is 9.84. The Kier molecular flexibility index (Phi) is 5.65. The van der Waals surface area contributed by atoms with Crippen LogP contribution >= 0.6 is 0 Å². The number of ether oxygens (including phenoxy) is 1. The molecule has 0 aromatic heterocycles. The number of rotatable bonds is 5. The number of esters is 1. The number of anilines is 1. The van der Waals surface area contributed by atoms with Crippen molar-refractivity contribution in [2.45, 2.75) is 52.5 Å². The molecule has 1 aliphatic carbocycles. The number of hydrogen-bond acceptors (Lipinski definition) is 5. The molecular weight excluding hydrogens is 370 g/mol. The molecule has 0 spiro atoms. The molecule has 2 aliphatic rings. The van der Waals surface area contributed by atoms with Crippen LogP contribution in [0.25, 0.3) is 0 Å². The Morgan fingerprint density at radius 3 is 2.55 bits per heavy atom. The standard InChI is InChI=1S/C22H27N3O4/c1-21(2)10-17-11-22(3,13-21)14-25(17)19(27)12-29-20(28)15-4-6-16(7-5-15)24-18(26)8-9-23/h4-7,17H,8,10-14H2,1-3H3,(H,24,26)/t17-,22-/m1/s1. The van der Waals surface area contributed by atoms with E-state index in [0.717, 1.165) is 19.3 Å². The molecule has 2 atom stereocenters. The summed E-state index contributed by atoms with van der Waals surface area (Å²) in [7, 11) is 0. The summed E-state index contributed by atoms with van der Waals surface area (Å²) in [5.74, 6) is -1.15. The highest BCUT2D eigenvalue weighted by Gasteiger charge is 2.50. The fraction of sp³-hybridized carbons (Fsp3) is 0.545. The van der Waals surface area contributed by atoms with Gasteiger partial charge in [0.15, 0.2) is 6.61 Å². The zero-order valence-corrected chi connectivity index (χ0v) is 17.2. The van der Waals surface area contributed by atoms with Gasteiger partial charge in [0.1, 0.15) is 6.42 Å². The highest BCUT2D eigenvalue weighted by molar-refractivity contribution is 5.94. The Labute approximate surface area is 171 Å². The van der Waals surface area contributed by atoms with Crippen LogP contribution in [0.1, 0.15) is 56.8 Å². The SMILES string of the molecule is CC1(C)C[C@@H]2C[C@@](C)(CN2C(=O)COC(=O)c2ccc(NC(=O)CC#N)cc2)C1. The van der Waals surface area contributed by atoms with Crippen molar-refractivity contribution in [3.63, 3.8) is 0 Å². The third kappa shape index (κ3) is 4.94. The van der Waals surface area contributed by atoms with Crippen LogP contribution in [0.2, 0.25) is 0 Å². The quantitative estimate of drug-likeness (QED) is 0.770. The van der Waals surface area contributed by atoms with Crippen molar-refractivity contribution in [1.29, 1.82) is 5.26 Å². The molecule has 1 N–H and O–H groups in total. The highest BCUT2D eigenvalue weighted by Crippen LogP contribution is 2.52. The van der Waals surface area contributed by atoms with Gasteiger partial charge >= 0.3 is 5.97 Å². The molecule has 7 nitrogen and oxygen atoms in total. The van der Waals surface area contributed by atoms with Crippen LogP contribution in [0.4, 0.5) is 5.69 Å². The predicted octanol–water partition coefficient (Wildman–Crippen LogP) is 3.12. The fourth-order valence-electron chi connectivity index (χ4n) is 5.01. The van der Waals surface area contributed by atoms with E-state index in [1.165, 1.54) is 12.1 Å². The molecule has 1 aromatic carbocycles. The predicted molar refractivity (Wildman–Crippen MR) is 107 cm³/mol. The fourth-order valence-corrected chi connectivity index (χ4v) is 5.01. The van der Waals surface area contributed by atoms with E-state index in [2.05, 4.69) is 26.1 Å². The minimum Gasteiger partial charge on any atom is -0.452 e. The van der Waals surface area contributed by atoms with E-state index in [4.69, 9.17) is 10.00 Å². The van der Waals surface area contributed by atoms with E-state index in [0.29, 0.717) is 17.8 Å². The van der Waals surface area contributed by atoms with E-state index < -0.39 is 11.9 Å². The van der Waals surface area contributed by atoms with E-state index in [1.807, 2.05) is 4.90 Å². The number of amides is 2. The van der Waals surface area contributed by atoms with Crippen molar-refractivity contribution in [1.82, 2.24) is 4.90 Å². The Morgan fingerprint density at radius 1 is 1.21 bits per heavy atom. The van der Waals surface area contributed by atoms with Crippen LogP contribution < -0.4 is 5.32 Å². The lowest BCUT2D eigenvalue weighted by Gasteiger charge is -2.39. The van der Waals surface area contributed by atoms with E-state index in [1.54, 1.807) is 18.2 Å². The van der Waals surface area contributed by atoms with Crippen molar-refractivity contribution >= 4 is 23.5 Å². The molecule has 154 valence electrons. The molecule has 2 bridgehead atoms. The molecule has 2 fully saturated rings. The van der Waals surface area contributed by atoms with Gasteiger partial charge in [-0.1, -0.05) is 20.8 Å². The van der Waals surface area contributed by atoms with Crippen molar-refractivity contribution < 1.29 is 19.1 Å². The monoisotopic (exact) mass is 397 g/mol. The Morgan fingerprint density at radius 2 is 1.90 bits per heavy atom. The first-order chi connectivity index (χ1) is 13.6. The Bertz CT molecular complexity index is 856. The summed E-state index contributed by atoms with van der Waals surface area (Å²) in [5.41, 5.74) is 1.13. The van der Waals surface area contributed by atoms with Crippen molar-refractivity contribution in [3.05, 3.63) is 29.8 Å². The average Bonchev–Trinajstić information content (AvgIpc) is 2.89. The molecule has 1 saturated carbocycles. The normalized spacial score (nSPS) is 24.5. The zero-order valence-electron chi connectivity index (χ0n) is 17.2. The molecule has 0 radical (unpaired) electrons. The summed E-state index contributed by atoms with van der Waals surface area (Å²) in [6.07, 6.45) is 2.84. The van der Waals surface area contributed by atoms with Crippen molar-refractivity contribution in [2.24, 2.45) is 10.8 Å². The average molecular weight is 397 g/mol. The van der Waals surface area contributed by atoms with Gasteiger partial charge in [0, 0.05) is 18.3 Å². The Balaban J connectivity index is 1.54. The highest BCUT2D eigenvalue weighted by atomic mass is 16.5. The molecule has 2 amide bonds. The summed E-state index contributed by atoms with van der Waals surface area (Å²) in [6.45, 7) is 7.17. The molecule has 1 aliphatic heterocycles. The number of carbonyl (C=O) groups is 3. The van der Waals surface area contributed by atoms with Gasteiger partial charge in [0.2, 0.25) is 5.91 Å². The minimum atomic E-state index is -0.582. The Hall–Kier alpha value is -2.88. The van der Waals surface area contributed by atoms with Crippen LogP contribution in [-0.4, -0.2) is 41.9 Å². The van der Waals surface area contributed by atoms with E-state index in [9.17, 15) is 14.4 Å². The molecule has 1 heterocycles. The summed E-state index contributed by atoms with van der Waals surface area (Å²) < 4.78 is 5.23. The zero-order chi connectivity index (χ0) is 21.2. The second kappa shape index (κ2) is 7.86. The molecule has 1 aromatic rings. The van der Waals surface area contributed by atoms with Gasteiger partial charge in [-0.05, 0) is 54.4 Å². The van der Waals surface area contributed by atoms with Gasteiger partial charge in [0.05, 0.1) is 11.6 Å². The molecule has 0 unspecified atom stereocenters. The molecular formula is C22H27N3O4. The largest absolute Gasteiger partial charge is 0.452 e. The van der Waals surface area contributed by atoms with Gasteiger partial charge < -0.3 is 15.0 Å². The second-order valence-corrected chi connectivity index (χ2v) is 9.27.